The summed E-state index contributed by atoms with van der Waals surface area (Å²) in [4.78, 5) is 10.8. The smallest absolute Gasteiger partial charge is 0.217 e. The lowest BCUT2D eigenvalue weighted by Gasteiger charge is -2.08. The second-order valence-electron chi connectivity index (χ2n) is 4.13. The number of amides is 1. The van der Waals surface area contributed by atoms with Crippen LogP contribution in [0.2, 0.25) is 0 Å². The van der Waals surface area contributed by atoms with Gasteiger partial charge in [0.05, 0.1) is 0 Å². The lowest BCUT2D eigenvalue weighted by Crippen LogP contribution is -2.11. The molecule has 0 saturated carbocycles. The van der Waals surface area contributed by atoms with E-state index in [1.54, 1.807) is 12.1 Å². The number of hydrogen-bond donors (Lipinski definition) is 1. The van der Waals surface area contributed by atoms with Gasteiger partial charge >= 0.3 is 0 Å². The Balaban J connectivity index is 2.32. The first-order chi connectivity index (χ1) is 8.66. The van der Waals surface area contributed by atoms with E-state index in [9.17, 15) is 9.18 Å². The summed E-state index contributed by atoms with van der Waals surface area (Å²) in [6.45, 7) is 0. The van der Waals surface area contributed by atoms with Gasteiger partial charge in [-0.25, -0.2) is 4.39 Å². The summed E-state index contributed by atoms with van der Waals surface area (Å²) >= 11 is 0. The van der Waals surface area contributed by atoms with Crippen LogP contribution in [0.1, 0.15) is 12.0 Å². The molecule has 0 aromatic heterocycles. The van der Waals surface area contributed by atoms with Gasteiger partial charge in [0.25, 0.3) is 0 Å². The number of benzene rings is 2. The van der Waals surface area contributed by atoms with Crippen LogP contribution >= 0.6 is 0 Å². The zero-order valence-electron chi connectivity index (χ0n) is 9.90. The number of aryl methyl sites for hydroxylation is 1. The predicted octanol–water partition coefficient (Wildman–Crippen LogP) is 2.91. The molecule has 0 heterocycles. The van der Waals surface area contributed by atoms with Gasteiger partial charge < -0.3 is 5.73 Å². The Morgan fingerprint density at radius 1 is 1.06 bits per heavy atom. The van der Waals surface area contributed by atoms with Crippen molar-refractivity contribution in [2.45, 2.75) is 12.8 Å². The van der Waals surface area contributed by atoms with E-state index in [4.69, 9.17) is 5.73 Å². The van der Waals surface area contributed by atoms with Crippen molar-refractivity contribution in [1.29, 1.82) is 0 Å². The molecule has 1 amide bonds. The maximum absolute atomic E-state index is 12.9. The molecule has 2 nitrogen and oxygen atoms in total. The van der Waals surface area contributed by atoms with Crippen molar-refractivity contribution in [3.05, 3.63) is 59.9 Å². The van der Waals surface area contributed by atoms with Crippen molar-refractivity contribution in [3.8, 4) is 11.1 Å². The Labute approximate surface area is 105 Å². The minimum atomic E-state index is -0.316. The molecule has 0 fully saturated rings. The largest absolute Gasteiger partial charge is 0.370 e. The van der Waals surface area contributed by atoms with Crippen LogP contribution in [-0.2, 0) is 11.2 Å². The third kappa shape index (κ3) is 2.94. The Morgan fingerprint density at radius 2 is 1.72 bits per heavy atom. The zero-order valence-corrected chi connectivity index (χ0v) is 9.90. The number of nitrogens with two attached hydrogens (primary N) is 1. The molecule has 2 N–H and O–H groups in total. The van der Waals surface area contributed by atoms with Crippen molar-refractivity contribution in [2.24, 2.45) is 5.73 Å². The Hall–Kier alpha value is -2.16. The molecule has 0 saturated heterocycles. The highest BCUT2D eigenvalue weighted by atomic mass is 19.1. The predicted molar refractivity (Wildman–Crippen MR) is 69.4 cm³/mol. The van der Waals surface area contributed by atoms with Crippen LogP contribution in [0.15, 0.2) is 48.5 Å². The van der Waals surface area contributed by atoms with Crippen LogP contribution in [0.5, 0.6) is 0 Å². The average Bonchev–Trinajstić information content (AvgIpc) is 2.38. The van der Waals surface area contributed by atoms with Gasteiger partial charge in [0.15, 0.2) is 0 Å². The molecule has 0 bridgehead atoms. The van der Waals surface area contributed by atoms with Gasteiger partial charge in [-0.3, -0.25) is 4.79 Å². The third-order valence-corrected chi connectivity index (χ3v) is 2.81. The fraction of sp³-hybridized carbons (Fsp3) is 0.133. The monoisotopic (exact) mass is 243 g/mol. The fourth-order valence-electron chi connectivity index (χ4n) is 1.91. The van der Waals surface area contributed by atoms with Gasteiger partial charge in [0.1, 0.15) is 5.82 Å². The quantitative estimate of drug-likeness (QED) is 0.881. The van der Waals surface area contributed by atoms with Crippen molar-refractivity contribution in [3.63, 3.8) is 0 Å². The summed E-state index contributed by atoms with van der Waals surface area (Å²) in [7, 11) is 0. The van der Waals surface area contributed by atoms with E-state index >= 15 is 0 Å². The van der Waals surface area contributed by atoms with Crippen molar-refractivity contribution in [1.82, 2.24) is 0 Å². The van der Waals surface area contributed by atoms with Gasteiger partial charge in [0.2, 0.25) is 5.91 Å². The molecule has 0 spiro atoms. The summed E-state index contributed by atoms with van der Waals surface area (Å²) in [5.41, 5.74) is 8.16. The second-order valence-corrected chi connectivity index (χ2v) is 4.13. The highest BCUT2D eigenvalue weighted by molar-refractivity contribution is 5.75. The summed E-state index contributed by atoms with van der Waals surface area (Å²) in [6, 6.07) is 14.1. The Morgan fingerprint density at radius 3 is 2.39 bits per heavy atom. The lowest BCUT2D eigenvalue weighted by atomic mass is 9.97. The van der Waals surface area contributed by atoms with Crippen LogP contribution in [0.3, 0.4) is 0 Å². The standard InChI is InChI=1S/C15H14FNO/c16-13-8-5-12(6-9-13)14-4-2-1-3-11(14)7-10-15(17)18/h1-6,8-9H,7,10H2,(H2,17,18). The molecular formula is C15H14FNO. The van der Waals surface area contributed by atoms with E-state index in [2.05, 4.69) is 0 Å². The number of hydrogen-bond acceptors (Lipinski definition) is 1. The van der Waals surface area contributed by atoms with E-state index in [1.807, 2.05) is 24.3 Å². The van der Waals surface area contributed by atoms with Gasteiger partial charge in [-0.15, -0.1) is 0 Å². The summed E-state index contributed by atoms with van der Waals surface area (Å²) in [5.74, 6) is -0.572. The Bertz CT molecular complexity index is 549. The molecule has 0 aliphatic carbocycles. The molecule has 18 heavy (non-hydrogen) atoms. The van der Waals surface area contributed by atoms with E-state index in [-0.39, 0.29) is 11.7 Å². The molecule has 2 aromatic rings. The summed E-state index contributed by atoms with van der Waals surface area (Å²) in [5, 5.41) is 0. The topological polar surface area (TPSA) is 43.1 Å². The van der Waals surface area contributed by atoms with E-state index in [0.717, 1.165) is 16.7 Å². The average molecular weight is 243 g/mol. The minimum Gasteiger partial charge on any atom is -0.370 e. The van der Waals surface area contributed by atoms with Crippen LogP contribution < -0.4 is 5.73 Å². The summed E-state index contributed by atoms with van der Waals surface area (Å²) < 4.78 is 12.9. The van der Waals surface area contributed by atoms with Gasteiger partial charge in [-0.2, -0.15) is 0 Å². The first-order valence-corrected chi connectivity index (χ1v) is 5.79. The van der Waals surface area contributed by atoms with Crippen molar-refractivity contribution < 1.29 is 9.18 Å². The fourth-order valence-corrected chi connectivity index (χ4v) is 1.91. The Kier molecular flexibility index (Phi) is 3.72. The lowest BCUT2D eigenvalue weighted by molar-refractivity contribution is -0.117. The zero-order chi connectivity index (χ0) is 13.0. The molecule has 0 aliphatic rings. The number of rotatable bonds is 4. The van der Waals surface area contributed by atoms with Gasteiger partial charge in [-0.05, 0) is 35.2 Å². The number of primary amides is 1. The number of halogens is 1. The molecular weight excluding hydrogens is 229 g/mol. The van der Waals surface area contributed by atoms with E-state index < -0.39 is 0 Å². The third-order valence-electron chi connectivity index (χ3n) is 2.81. The molecule has 3 heteroatoms. The maximum atomic E-state index is 12.9. The number of carbonyl (C=O) groups excluding carboxylic acids is 1. The first kappa shape index (κ1) is 12.3. The van der Waals surface area contributed by atoms with Crippen LogP contribution in [0, 0.1) is 5.82 Å². The normalized spacial score (nSPS) is 10.3. The molecule has 0 aliphatic heterocycles. The number of carbonyl (C=O) groups is 1. The molecule has 0 radical (unpaired) electrons. The first-order valence-electron chi connectivity index (χ1n) is 5.79. The van der Waals surface area contributed by atoms with E-state index in [0.29, 0.717) is 12.8 Å². The molecule has 92 valence electrons. The maximum Gasteiger partial charge on any atom is 0.217 e. The highest BCUT2D eigenvalue weighted by Gasteiger charge is 2.05. The van der Waals surface area contributed by atoms with Gasteiger partial charge in [-0.1, -0.05) is 36.4 Å². The minimum absolute atomic E-state index is 0.256. The second kappa shape index (κ2) is 5.45. The SMILES string of the molecule is NC(=O)CCc1ccccc1-c1ccc(F)cc1. The molecule has 2 aromatic carbocycles. The molecule has 0 unspecified atom stereocenters. The van der Waals surface area contributed by atoms with Crippen LogP contribution in [-0.4, -0.2) is 5.91 Å². The van der Waals surface area contributed by atoms with Crippen molar-refractivity contribution in [2.75, 3.05) is 0 Å². The van der Waals surface area contributed by atoms with Crippen molar-refractivity contribution >= 4 is 5.91 Å². The molecule has 2 rings (SSSR count). The highest BCUT2D eigenvalue weighted by Crippen LogP contribution is 2.24. The van der Waals surface area contributed by atoms with Crippen LogP contribution in [0.25, 0.3) is 11.1 Å². The summed E-state index contributed by atoms with van der Waals surface area (Å²) in [6.07, 6.45) is 0.918. The van der Waals surface area contributed by atoms with Gasteiger partial charge in [0, 0.05) is 6.42 Å². The van der Waals surface area contributed by atoms with Crippen LogP contribution in [0.4, 0.5) is 4.39 Å². The van der Waals surface area contributed by atoms with E-state index in [1.165, 1.54) is 12.1 Å². The molecule has 0 atom stereocenters.